The number of hydrogen-bond donors (Lipinski definition) is 2. The molecule has 1 atom stereocenters. The second kappa shape index (κ2) is 8.19. The van der Waals surface area contributed by atoms with Crippen LogP contribution in [0.25, 0.3) is 0 Å². The van der Waals surface area contributed by atoms with Crippen molar-refractivity contribution >= 4 is 29.0 Å². The van der Waals surface area contributed by atoms with E-state index in [0.29, 0.717) is 6.54 Å². The zero-order chi connectivity index (χ0) is 15.9. The van der Waals surface area contributed by atoms with E-state index in [4.69, 9.17) is 11.6 Å². The number of amides is 2. The molecule has 2 aromatic rings. The van der Waals surface area contributed by atoms with E-state index in [1.807, 2.05) is 32.2 Å². The minimum atomic E-state index is -0.143. The van der Waals surface area contributed by atoms with Gasteiger partial charge >= 0.3 is 6.03 Å². The Labute approximate surface area is 139 Å². The van der Waals surface area contributed by atoms with Crippen LogP contribution in [0.2, 0.25) is 4.34 Å². The van der Waals surface area contributed by atoms with Crippen molar-refractivity contribution in [3.05, 3.63) is 39.6 Å². The van der Waals surface area contributed by atoms with Crippen molar-refractivity contribution in [2.75, 3.05) is 6.54 Å². The lowest BCUT2D eigenvalue weighted by Crippen LogP contribution is -2.37. The lowest BCUT2D eigenvalue weighted by Gasteiger charge is -2.13. The van der Waals surface area contributed by atoms with Crippen molar-refractivity contribution in [1.82, 2.24) is 20.2 Å². The predicted octanol–water partition coefficient (Wildman–Crippen LogP) is 3.75. The van der Waals surface area contributed by atoms with Crippen LogP contribution in [0.1, 0.15) is 36.5 Å². The maximum Gasteiger partial charge on any atom is 0.315 e. The zero-order valence-electron chi connectivity index (χ0n) is 12.8. The highest BCUT2D eigenvalue weighted by Crippen LogP contribution is 2.26. The number of imidazole rings is 1. The minimum Gasteiger partial charge on any atom is -0.338 e. The molecule has 0 saturated heterocycles. The average molecular weight is 341 g/mol. The molecule has 0 fully saturated rings. The van der Waals surface area contributed by atoms with Crippen LogP contribution < -0.4 is 10.6 Å². The van der Waals surface area contributed by atoms with Crippen LogP contribution in [-0.4, -0.2) is 22.1 Å². The van der Waals surface area contributed by atoms with E-state index in [-0.39, 0.29) is 12.1 Å². The minimum absolute atomic E-state index is 0.0360. The van der Waals surface area contributed by atoms with Crippen LogP contribution in [0.3, 0.4) is 0 Å². The van der Waals surface area contributed by atoms with E-state index in [9.17, 15) is 4.79 Å². The summed E-state index contributed by atoms with van der Waals surface area (Å²) < 4.78 is 2.85. The van der Waals surface area contributed by atoms with Gasteiger partial charge in [0.15, 0.2) is 0 Å². The van der Waals surface area contributed by atoms with E-state index in [0.717, 1.165) is 34.4 Å². The first-order valence-electron chi connectivity index (χ1n) is 7.33. The number of hydrogen-bond acceptors (Lipinski definition) is 3. The third-order valence-corrected chi connectivity index (χ3v) is 4.82. The summed E-state index contributed by atoms with van der Waals surface area (Å²) in [6.07, 6.45) is 5.72. The Morgan fingerprint density at radius 1 is 1.45 bits per heavy atom. The van der Waals surface area contributed by atoms with E-state index in [2.05, 4.69) is 20.2 Å². The first kappa shape index (κ1) is 16.8. The van der Waals surface area contributed by atoms with E-state index >= 15 is 0 Å². The number of urea groups is 1. The van der Waals surface area contributed by atoms with Crippen LogP contribution in [0.4, 0.5) is 4.79 Å². The first-order chi connectivity index (χ1) is 10.6. The molecule has 2 heterocycles. The Hall–Kier alpha value is -1.53. The molecule has 2 amide bonds. The number of aromatic nitrogens is 2. The van der Waals surface area contributed by atoms with Gasteiger partial charge in [-0.05, 0) is 38.8 Å². The van der Waals surface area contributed by atoms with Crippen LogP contribution >= 0.6 is 22.9 Å². The molecule has 0 radical (unpaired) electrons. The Kier molecular flexibility index (Phi) is 6.27. The number of halogens is 1. The molecule has 2 aromatic heterocycles. The lowest BCUT2D eigenvalue weighted by molar-refractivity contribution is 0.238. The standard InChI is InChI=1S/C15H21ClN4OS/c1-11(13-5-6-14(16)22-13)19-15(21)18-7-3-4-9-20-10-8-17-12(20)2/h5-6,8,10-11H,3-4,7,9H2,1-2H3,(H2,18,19,21)/t11-/m1/s1. The number of nitrogens with zero attached hydrogens (tertiary/aromatic N) is 2. The van der Waals surface area contributed by atoms with Gasteiger partial charge in [0, 0.05) is 30.4 Å². The molecule has 0 aromatic carbocycles. The monoisotopic (exact) mass is 340 g/mol. The van der Waals surface area contributed by atoms with Crippen LogP contribution in [0.5, 0.6) is 0 Å². The van der Waals surface area contributed by atoms with Gasteiger partial charge in [-0.15, -0.1) is 11.3 Å². The molecule has 120 valence electrons. The normalized spacial score (nSPS) is 12.1. The highest BCUT2D eigenvalue weighted by molar-refractivity contribution is 7.16. The number of nitrogens with one attached hydrogen (secondary N) is 2. The Morgan fingerprint density at radius 2 is 2.27 bits per heavy atom. The molecule has 22 heavy (non-hydrogen) atoms. The molecule has 0 spiro atoms. The van der Waals surface area contributed by atoms with E-state index in [1.165, 1.54) is 11.3 Å². The second-order valence-corrected chi connectivity index (χ2v) is 6.89. The summed E-state index contributed by atoms with van der Waals surface area (Å²) in [5.41, 5.74) is 0. The third-order valence-electron chi connectivity index (χ3n) is 3.40. The molecule has 0 unspecified atom stereocenters. The maximum absolute atomic E-state index is 11.8. The first-order valence-corrected chi connectivity index (χ1v) is 8.53. The average Bonchev–Trinajstić information content (AvgIpc) is 3.07. The van der Waals surface area contributed by atoms with Gasteiger partial charge in [-0.1, -0.05) is 11.6 Å². The molecule has 2 N–H and O–H groups in total. The van der Waals surface area contributed by atoms with Gasteiger partial charge in [0.1, 0.15) is 5.82 Å². The topological polar surface area (TPSA) is 59.0 Å². The molecule has 7 heteroatoms. The fourth-order valence-corrected chi connectivity index (χ4v) is 3.19. The highest BCUT2D eigenvalue weighted by atomic mass is 35.5. The van der Waals surface area contributed by atoms with Gasteiger partial charge in [0.05, 0.1) is 10.4 Å². The quantitative estimate of drug-likeness (QED) is 0.754. The van der Waals surface area contributed by atoms with Crippen LogP contribution in [0.15, 0.2) is 24.5 Å². The summed E-state index contributed by atoms with van der Waals surface area (Å²) in [7, 11) is 0. The zero-order valence-corrected chi connectivity index (χ0v) is 14.4. The molecule has 5 nitrogen and oxygen atoms in total. The fourth-order valence-electron chi connectivity index (χ4n) is 2.13. The Balaban J connectivity index is 1.60. The maximum atomic E-state index is 11.8. The van der Waals surface area contributed by atoms with Crippen molar-refractivity contribution in [2.45, 2.75) is 39.3 Å². The number of rotatable bonds is 7. The van der Waals surface area contributed by atoms with Gasteiger partial charge in [0.2, 0.25) is 0 Å². The summed E-state index contributed by atoms with van der Waals surface area (Å²) in [6.45, 7) is 5.53. The molecule has 0 bridgehead atoms. The van der Waals surface area contributed by atoms with Gasteiger partial charge < -0.3 is 15.2 Å². The van der Waals surface area contributed by atoms with Gasteiger partial charge in [-0.2, -0.15) is 0 Å². The van der Waals surface area contributed by atoms with Crippen molar-refractivity contribution in [3.8, 4) is 0 Å². The number of carbonyl (C=O) groups is 1. The van der Waals surface area contributed by atoms with E-state index < -0.39 is 0 Å². The molecular weight excluding hydrogens is 320 g/mol. The SMILES string of the molecule is Cc1nccn1CCCCNC(=O)N[C@H](C)c1ccc(Cl)s1. The van der Waals surface area contributed by atoms with Crippen LogP contribution in [-0.2, 0) is 6.54 Å². The Morgan fingerprint density at radius 3 is 2.91 bits per heavy atom. The summed E-state index contributed by atoms with van der Waals surface area (Å²) in [6, 6.07) is 3.60. The predicted molar refractivity (Wildman–Crippen MR) is 90.5 cm³/mol. The van der Waals surface area contributed by atoms with Gasteiger partial charge in [-0.3, -0.25) is 0 Å². The number of unbranched alkanes of at least 4 members (excludes halogenated alkanes) is 1. The summed E-state index contributed by atoms with van der Waals surface area (Å²) in [4.78, 5) is 17.0. The molecule has 0 aliphatic heterocycles. The van der Waals surface area contributed by atoms with Crippen LogP contribution in [0, 0.1) is 6.92 Å². The second-order valence-electron chi connectivity index (χ2n) is 5.14. The number of thiophene rings is 1. The van der Waals surface area contributed by atoms with E-state index in [1.54, 1.807) is 6.20 Å². The van der Waals surface area contributed by atoms with Gasteiger partial charge in [0.25, 0.3) is 0 Å². The summed E-state index contributed by atoms with van der Waals surface area (Å²) in [5, 5.41) is 5.79. The molecular formula is C15H21ClN4OS. The number of aryl methyl sites for hydroxylation is 2. The molecule has 0 saturated carbocycles. The Bertz CT molecular complexity index is 610. The molecule has 2 rings (SSSR count). The van der Waals surface area contributed by atoms with Crippen molar-refractivity contribution in [2.24, 2.45) is 0 Å². The summed E-state index contributed by atoms with van der Waals surface area (Å²) >= 11 is 7.38. The van der Waals surface area contributed by atoms with Crippen molar-refractivity contribution in [1.29, 1.82) is 0 Å². The molecule has 0 aliphatic rings. The number of carbonyl (C=O) groups excluding carboxylic acids is 1. The summed E-state index contributed by atoms with van der Waals surface area (Å²) in [5.74, 6) is 1.02. The van der Waals surface area contributed by atoms with Crippen molar-refractivity contribution in [3.63, 3.8) is 0 Å². The molecule has 0 aliphatic carbocycles. The largest absolute Gasteiger partial charge is 0.338 e. The smallest absolute Gasteiger partial charge is 0.315 e. The fraction of sp³-hybridized carbons (Fsp3) is 0.467. The lowest BCUT2D eigenvalue weighted by atomic mass is 10.3. The highest BCUT2D eigenvalue weighted by Gasteiger charge is 2.10. The third kappa shape index (κ3) is 5.03. The van der Waals surface area contributed by atoms with Gasteiger partial charge in [-0.25, -0.2) is 9.78 Å². The van der Waals surface area contributed by atoms with Crippen molar-refractivity contribution < 1.29 is 4.79 Å².